The molecular formula is C8H8ClFO3S. The van der Waals surface area contributed by atoms with E-state index >= 15 is 0 Å². The molecule has 0 atom stereocenters. The van der Waals surface area contributed by atoms with E-state index in [-0.39, 0.29) is 11.5 Å². The number of alkyl halides is 1. The summed E-state index contributed by atoms with van der Waals surface area (Å²) in [6.07, 6.45) is 0. The van der Waals surface area contributed by atoms with E-state index in [1.54, 1.807) is 0 Å². The first kappa shape index (κ1) is 11.3. The molecule has 0 N–H and O–H groups in total. The number of halogens is 2. The predicted molar refractivity (Wildman–Crippen MR) is 51.0 cm³/mol. The van der Waals surface area contributed by atoms with Gasteiger partial charge < -0.3 is 4.74 Å². The summed E-state index contributed by atoms with van der Waals surface area (Å²) in [5, 5.41) is 0. The molecule has 3 nitrogen and oxygen atoms in total. The summed E-state index contributed by atoms with van der Waals surface area (Å²) in [5.41, 5.74) is 0. The molecule has 6 heteroatoms. The summed E-state index contributed by atoms with van der Waals surface area (Å²) in [6, 6.07) is 5.45. The van der Waals surface area contributed by atoms with E-state index in [9.17, 15) is 12.8 Å². The van der Waals surface area contributed by atoms with Crippen LogP contribution >= 0.6 is 10.7 Å². The molecule has 0 amide bonds. The first-order valence-electron chi connectivity index (χ1n) is 3.77. The topological polar surface area (TPSA) is 43.4 Å². The maximum absolute atomic E-state index is 11.7. The quantitative estimate of drug-likeness (QED) is 0.754. The Hall–Kier alpha value is -0.810. The van der Waals surface area contributed by atoms with Crippen molar-refractivity contribution in [3.8, 4) is 5.75 Å². The average Bonchev–Trinajstić information content (AvgIpc) is 2.14. The fourth-order valence-electron chi connectivity index (χ4n) is 0.855. The molecule has 0 aliphatic carbocycles. The minimum atomic E-state index is -3.70. The van der Waals surface area contributed by atoms with Crippen molar-refractivity contribution in [2.75, 3.05) is 13.3 Å². The van der Waals surface area contributed by atoms with Gasteiger partial charge in [0.15, 0.2) is 0 Å². The van der Waals surface area contributed by atoms with Crippen LogP contribution in [-0.4, -0.2) is 21.7 Å². The van der Waals surface area contributed by atoms with Crippen molar-refractivity contribution in [3.63, 3.8) is 0 Å². The van der Waals surface area contributed by atoms with Crippen molar-refractivity contribution < 1.29 is 17.5 Å². The van der Waals surface area contributed by atoms with Gasteiger partial charge in [-0.2, -0.15) is 0 Å². The van der Waals surface area contributed by atoms with Gasteiger partial charge in [0.1, 0.15) is 19.0 Å². The number of rotatable bonds is 4. The van der Waals surface area contributed by atoms with Gasteiger partial charge in [0.05, 0.1) is 4.90 Å². The lowest BCUT2D eigenvalue weighted by Gasteiger charge is -2.03. The Bertz CT molecular complexity index is 388. The number of hydrogen-bond donors (Lipinski definition) is 0. The fraction of sp³-hybridized carbons (Fsp3) is 0.250. The van der Waals surface area contributed by atoms with Crippen LogP contribution in [0.4, 0.5) is 4.39 Å². The van der Waals surface area contributed by atoms with E-state index in [0.29, 0.717) is 5.75 Å². The van der Waals surface area contributed by atoms with E-state index in [1.165, 1.54) is 24.3 Å². The lowest BCUT2D eigenvalue weighted by Crippen LogP contribution is -1.98. The maximum Gasteiger partial charge on any atom is 0.261 e. The first-order chi connectivity index (χ1) is 6.54. The zero-order chi connectivity index (χ0) is 10.6. The van der Waals surface area contributed by atoms with E-state index in [4.69, 9.17) is 15.4 Å². The van der Waals surface area contributed by atoms with E-state index in [2.05, 4.69) is 0 Å². The third-order valence-electron chi connectivity index (χ3n) is 1.45. The van der Waals surface area contributed by atoms with Crippen LogP contribution in [0.15, 0.2) is 29.2 Å². The second-order valence-corrected chi connectivity index (χ2v) is 5.01. The maximum atomic E-state index is 11.7. The van der Waals surface area contributed by atoms with Crippen LogP contribution in [0.25, 0.3) is 0 Å². The summed E-state index contributed by atoms with van der Waals surface area (Å²) in [6.45, 7) is -0.636. The Labute approximate surface area is 85.9 Å². The summed E-state index contributed by atoms with van der Waals surface area (Å²) >= 11 is 0. The summed E-state index contributed by atoms with van der Waals surface area (Å²) < 4.78 is 38.3. The highest BCUT2D eigenvalue weighted by Crippen LogP contribution is 2.18. The highest BCUT2D eigenvalue weighted by molar-refractivity contribution is 8.13. The summed E-state index contributed by atoms with van der Waals surface area (Å²) in [4.78, 5) is -0.00762. The fourth-order valence-corrected chi connectivity index (χ4v) is 1.62. The molecular weight excluding hydrogens is 231 g/mol. The molecule has 0 radical (unpaired) electrons. The molecule has 0 bridgehead atoms. The zero-order valence-corrected chi connectivity index (χ0v) is 8.68. The van der Waals surface area contributed by atoms with Crippen LogP contribution in [0.3, 0.4) is 0 Å². The lowest BCUT2D eigenvalue weighted by atomic mass is 10.3. The van der Waals surface area contributed by atoms with Gasteiger partial charge in [0, 0.05) is 10.7 Å². The molecule has 0 aliphatic heterocycles. The molecule has 0 saturated carbocycles. The smallest absolute Gasteiger partial charge is 0.261 e. The Morgan fingerprint density at radius 3 is 2.29 bits per heavy atom. The molecule has 14 heavy (non-hydrogen) atoms. The average molecular weight is 239 g/mol. The SMILES string of the molecule is O=S(=O)(Cl)c1ccc(OCCF)cc1. The van der Waals surface area contributed by atoms with Gasteiger partial charge in [-0.25, -0.2) is 12.8 Å². The standard InChI is InChI=1S/C8H8ClFO3S/c9-14(11,12)8-3-1-7(2-4-8)13-6-5-10/h1-4H,5-6H2. The van der Waals surface area contributed by atoms with E-state index < -0.39 is 15.7 Å². The molecule has 0 aliphatic rings. The Morgan fingerprint density at radius 2 is 1.86 bits per heavy atom. The second kappa shape index (κ2) is 4.61. The van der Waals surface area contributed by atoms with Crippen LogP contribution in [0.1, 0.15) is 0 Å². The highest BCUT2D eigenvalue weighted by atomic mass is 35.7. The molecule has 1 rings (SSSR count). The second-order valence-electron chi connectivity index (χ2n) is 2.45. The molecule has 78 valence electrons. The van der Waals surface area contributed by atoms with Crippen molar-refractivity contribution in [1.29, 1.82) is 0 Å². The molecule has 0 unspecified atom stereocenters. The number of hydrogen-bond acceptors (Lipinski definition) is 3. The van der Waals surface area contributed by atoms with Gasteiger partial charge >= 0.3 is 0 Å². The Kier molecular flexibility index (Phi) is 3.71. The molecule has 1 aromatic rings. The Morgan fingerprint density at radius 1 is 1.29 bits per heavy atom. The van der Waals surface area contributed by atoms with Crippen molar-refractivity contribution in [1.82, 2.24) is 0 Å². The molecule has 0 saturated heterocycles. The summed E-state index contributed by atoms with van der Waals surface area (Å²) in [7, 11) is 1.39. The normalized spacial score (nSPS) is 11.3. The van der Waals surface area contributed by atoms with Gasteiger partial charge in [-0.1, -0.05) is 0 Å². The predicted octanol–water partition coefficient (Wildman–Crippen LogP) is 1.96. The molecule has 1 aromatic carbocycles. The zero-order valence-electron chi connectivity index (χ0n) is 7.11. The van der Waals surface area contributed by atoms with Crippen LogP contribution in [-0.2, 0) is 9.05 Å². The Balaban J connectivity index is 2.79. The van der Waals surface area contributed by atoms with Crippen LogP contribution in [0.2, 0.25) is 0 Å². The van der Waals surface area contributed by atoms with Gasteiger partial charge in [0.2, 0.25) is 0 Å². The van der Waals surface area contributed by atoms with Gasteiger partial charge in [0.25, 0.3) is 9.05 Å². The lowest BCUT2D eigenvalue weighted by molar-refractivity contribution is 0.273. The van der Waals surface area contributed by atoms with Gasteiger partial charge in [-0.3, -0.25) is 0 Å². The molecule has 0 aromatic heterocycles. The van der Waals surface area contributed by atoms with Crippen LogP contribution in [0.5, 0.6) is 5.75 Å². The molecule has 0 spiro atoms. The highest BCUT2D eigenvalue weighted by Gasteiger charge is 2.08. The number of ether oxygens (including phenoxy) is 1. The third-order valence-corrected chi connectivity index (χ3v) is 2.82. The first-order valence-corrected chi connectivity index (χ1v) is 6.08. The van der Waals surface area contributed by atoms with Crippen LogP contribution < -0.4 is 4.74 Å². The van der Waals surface area contributed by atoms with Crippen molar-refractivity contribution in [2.45, 2.75) is 4.90 Å². The van der Waals surface area contributed by atoms with Gasteiger partial charge in [-0.15, -0.1) is 0 Å². The van der Waals surface area contributed by atoms with Crippen molar-refractivity contribution >= 4 is 19.7 Å². The largest absolute Gasteiger partial charge is 0.491 e. The molecule has 0 fully saturated rings. The van der Waals surface area contributed by atoms with Crippen molar-refractivity contribution in [2.24, 2.45) is 0 Å². The molecule has 0 heterocycles. The third kappa shape index (κ3) is 3.16. The number of benzene rings is 1. The summed E-state index contributed by atoms with van der Waals surface area (Å²) in [5.74, 6) is 0.409. The monoisotopic (exact) mass is 238 g/mol. The van der Waals surface area contributed by atoms with Crippen molar-refractivity contribution in [3.05, 3.63) is 24.3 Å². The van der Waals surface area contributed by atoms with E-state index in [1.807, 2.05) is 0 Å². The van der Waals surface area contributed by atoms with Gasteiger partial charge in [-0.05, 0) is 24.3 Å². The van der Waals surface area contributed by atoms with E-state index in [0.717, 1.165) is 0 Å². The minimum absolute atomic E-state index is 0.00762. The minimum Gasteiger partial charge on any atom is -0.491 e. The van der Waals surface area contributed by atoms with Crippen LogP contribution in [0, 0.1) is 0 Å².